The molecule has 0 aromatic heterocycles. The fourth-order valence-corrected chi connectivity index (χ4v) is 4.47. The van der Waals surface area contributed by atoms with Crippen LogP contribution < -0.4 is 9.47 Å². The molecule has 2 aromatic rings. The molecule has 4 nitrogen and oxygen atoms in total. The highest BCUT2D eigenvalue weighted by molar-refractivity contribution is 5.70. The molecule has 0 bridgehead atoms. The Morgan fingerprint density at radius 3 is 1.00 bits per heavy atom. The van der Waals surface area contributed by atoms with Crippen LogP contribution in [0.2, 0.25) is 0 Å². The van der Waals surface area contributed by atoms with Crippen LogP contribution in [0.25, 0.3) is 12.2 Å². The zero-order valence-corrected chi connectivity index (χ0v) is 23.6. The van der Waals surface area contributed by atoms with Gasteiger partial charge < -0.3 is 19.7 Å². The van der Waals surface area contributed by atoms with E-state index in [9.17, 15) is 0 Å². The first-order valence-electron chi connectivity index (χ1n) is 15.2. The molecule has 0 amide bonds. The van der Waals surface area contributed by atoms with E-state index < -0.39 is 0 Å². The smallest absolute Gasteiger partial charge is 0.119 e. The van der Waals surface area contributed by atoms with Crippen LogP contribution >= 0.6 is 0 Å². The van der Waals surface area contributed by atoms with E-state index in [-0.39, 0.29) is 0 Å². The largest absolute Gasteiger partial charge is 0.494 e. The van der Waals surface area contributed by atoms with Crippen molar-refractivity contribution in [3.05, 3.63) is 59.7 Å². The highest BCUT2D eigenvalue weighted by Crippen LogP contribution is 2.18. The number of hydrogen-bond acceptors (Lipinski definition) is 4. The monoisotopic (exact) mass is 524 g/mol. The van der Waals surface area contributed by atoms with Crippen LogP contribution in [0.4, 0.5) is 0 Å². The predicted molar refractivity (Wildman–Crippen MR) is 161 cm³/mol. The van der Waals surface area contributed by atoms with Gasteiger partial charge in [-0.2, -0.15) is 0 Å². The second-order valence-corrected chi connectivity index (χ2v) is 10.3. The highest BCUT2D eigenvalue weighted by Gasteiger charge is 1.98. The number of aliphatic hydroxyl groups excluding tert-OH is 2. The third kappa shape index (κ3) is 16.5. The van der Waals surface area contributed by atoms with Crippen LogP contribution in [0.15, 0.2) is 48.5 Å². The maximum Gasteiger partial charge on any atom is 0.119 e. The van der Waals surface area contributed by atoms with Crippen molar-refractivity contribution in [3.63, 3.8) is 0 Å². The van der Waals surface area contributed by atoms with Crippen LogP contribution in [-0.2, 0) is 0 Å². The zero-order chi connectivity index (χ0) is 26.9. The number of aliphatic hydroxyl groups is 2. The van der Waals surface area contributed by atoms with E-state index >= 15 is 0 Å². The van der Waals surface area contributed by atoms with Crippen LogP contribution in [0.1, 0.15) is 114 Å². The molecule has 0 fully saturated rings. The van der Waals surface area contributed by atoms with Crippen molar-refractivity contribution >= 4 is 12.2 Å². The lowest BCUT2D eigenvalue weighted by Crippen LogP contribution is -1.97. The molecule has 4 heteroatoms. The SMILES string of the molecule is OCCCCCCCCCCOc1ccc(/C=C\c2ccc(OCCCCCCCCCCO)cc2)cc1. The van der Waals surface area contributed by atoms with Crippen molar-refractivity contribution in [1.29, 1.82) is 0 Å². The molecule has 0 unspecified atom stereocenters. The Balaban J connectivity index is 1.53. The third-order valence-electron chi connectivity index (χ3n) is 6.87. The van der Waals surface area contributed by atoms with Gasteiger partial charge in [0.05, 0.1) is 13.2 Å². The summed E-state index contributed by atoms with van der Waals surface area (Å²) in [5.74, 6) is 1.87. The third-order valence-corrected chi connectivity index (χ3v) is 6.87. The van der Waals surface area contributed by atoms with Gasteiger partial charge in [0.15, 0.2) is 0 Å². The molecule has 0 aliphatic rings. The van der Waals surface area contributed by atoms with Gasteiger partial charge in [-0.25, -0.2) is 0 Å². The Labute approximate surface area is 232 Å². The van der Waals surface area contributed by atoms with E-state index in [2.05, 4.69) is 60.7 Å². The van der Waals surface area contributed by atoms with Gasteiger partial charge in [0, 0.05) is 13.2 Å². The predicted octanol–water partition coefficient (Wildman–Crippen LogP) is 8.84. The van der Waals surface area contributed by atoms with Crippen molar-refractivity contribution < 1.29 is 19.7 Å². The molecule has 0 saturated heterocycles. The first-order chi connectivity index (χ1) is 18.8. The molecule has 2 aromatic carbocycles. The van der Waals surface area contributed by atoms with Crippen molar-refractivity contribution in [1.82, 2.24) is 0 Å². The molecule has 212 valence electrons. The molecule has 0 atom stereocenters. The van der Waals surface area contributed by atoms with Crippen LogP contribution in [0.3, 0.4) is 0 Å². The normalized spacial score (nSPS) is 11.3. The standard InChI is InChI=1S/C34H52O4/c35-27-13-9-5-1-3-7-11-15-29-37-33-23-19-31(20-24-33)17-18-32-21-25-34(26-22-32)38-30-16-12-8-4-2-6-10-14-28-36/h17-26,35-36H,1-16,27-30H2/b18-17-. The van der Waals surface area contributed by atoms with Crippen LogP contribution in [-0.4, -0.2) is 36.6 Å². The van der Waals surface area contributed by atoms with Gasteiger partial charge >= 0.3 is 0 Å². The molecular weight excluding hydrogens is 472 g/mol. The number of hydrogen-bond donors (Lipinski definition) is 2. The zero-order valence-electron chi connectivity index (χ0n) is 23.6. The molecule has 0 radical (unpaired) electrons. The van der Waals surface area contributed by atoms with Gasteiger partial charge in [-0.05, 0) is 61.1 Å². The highest BCUT2D eigenvalue weighted by atomic mass is 16.5. The van der Waals surface area contributed by atoms with E-state index in [1.54, 1.807) is 0 Å². The fourth-order valence-electron chi connectivity index (χ4n) is 4.47. The molecular formula is C34H52O4. The summed E-state index contributed by atoms with van der Waals surface area (Å²) in [6.07, 6.45) is 23.3. The minimum absolute atomic E-state index is 0.327. The van der Waals surface area contributed by atoms with Crippen molar-refractivity contribution in [2.24, 2.45) is 0 Å². The summed E-state index contributed by atoms with van der Waals surface area (Å²) in [5.41, 5.74) is 2.32. The van der Waals surface area contributed by atoms with Crippen LogP contribution in [0.5, 0.6) is 11.5 Å². The van der Waals surface area contributed by atoms with Crippen molar-refractivity contribution in [2.75, 3.05) is 26.4 Å². The number of unbranched alkanes of at least 4 members (excludes halogenated alkanes) is 14. The molecule has 0 spiro atoms. The Bertz CT molecular complexity index is 744. The van der Waals surface area contributed by atoms with Gasteiger partial charge in [-0.15, -0.1) is 0 Å². The summed E-state index contributed by atoms with van der Waals surface area (Å²) >= 11 is 0. The lowest BCUT2D eigenvalue weighted by atomic mass is 10.1. The molecule has 0 aliphatic heterocycles. The quantitative estimate of drug-likeness (QED) is 0.106. The second kappa shape index (κ2) is 22.7. The van der Waals surface area contributed by atoms with Crippen LogP contribution in [0, 0.1) is 0 Å². The molecule has 2 N–H and O–H groups in total. The Morgan fingerprint density at radius 1 is 0.395 bits per heavy atom. The first kappa shape index (κ1) is 31.9. The number of rotatable bonds is 24. The second-order valence-electron chi connectivity index (χ2n) is 10.3. The van der Waals surface area contributed by atoms with Gasteiger partial charge in [-0.3, -0.25) is 0 Å². The topological polar surface area (TPSA) is 58.9 Å². The molecule has 0 aliphatic carbocycles. The van der Waals surface area contributed by atoms with Gasteiger partial charge in [0.25, 0.3) is 0 Å². The minimum Gasteiger partial charge on any atom is -0.494 e. The summed E-state index contributed by atoms with van der Waals surface area (Å²) in [4.78, 5) is 0. The summed E-state index contributed by atoms with van der Waals surface area (Å²) < 4.78 is 11.8. The molecule has 2 rings (SSSR count). The Morgan fingerprint density at radius 2 is 0.684 bits per heavy atom. The Kier molecular flexibility index (Phi) is 19.0. The van der Waals surface area contributed by atoms with E-state index in [4.69, 9.17) is 19.7 Å². The van der Waals surface area contributed by atoms with E-state index in [0.717, 1.165) is 74.4 Å². The number of benzene rings is 2. The van der Waals surface area contributed by atoms with Gasteiger partial charge in [0.1, 0.15) is 11.5 Å². The molecule has 0 saturated carbocycles. The van der Waals surface area contributed by atoms with E-state index in [0.29, 0.717) is 13.2 Å². The van der Waals surface area contributed by atoms with Crippen molar-refractivity contribution in [3.8, 4) is 11.5 Å². The fraction of sp³-hybridized carbons (Fsp3) is 0.588. The van der Waals surface area contributed by atoms with Crippen molar-refractivity contribution in [2.45, 2.75) is 103 Å². The maximum absolute atomic E-state index is 8.79. The van der Waals surface area contributed by atoms with E-state index in [1.807, 2.05) is 0 Å². The van der Waals surface area contributed by atoms with E-state index in [1.165, 1.54) is 64.2 Å². The lowest BCUT2D eigenvalue weighted by molar-refractivity contribution is 0.281. The van der Waals surface area contributed by atoms with Gasteiger partial charge in [0.2, 0.25) is 0 Å². The lowest BCUT2D eigenvalue weighted by Gasteiger charge is -2.07. The number of ether oxygens (including phenoxy) is 2. The van der Waals surface area contributed by atoms with Gasteiger partial charge in [-0.1, -0.05) is 113 Å². The minimum atomic E-state index is 0.327. The summed E-state index contributed by atoms with van der Waals surface area (Å²) in [6, 6.07) is 16.6. The Hall–Kier alpha value is -2.30. The summed E-state index contributed by atoms with van der Waals surface area (Å²) in [6.45, 7) is 2.21. The molecule has 38 heavy (non-hydrogen) atoms. The maximum atomic E-state index is 8.79. The summed E-state index contributed by atoms with van der Waals surface area (Å²) in [5, 5.41) is 17.6. The average Bonchev–Trinajstić information content (AvgIpc) is 2.95. The summed E-state index contributed by atoms with van der Waals surface area (Å²) in [7, 11) is 0. The average molecular weight is 525 g/mol. The first-order valence-corrected chi connectivity index (χ1v) is 15.2. The molecule has 0 heterocycles.